The third kappa shape index (κ3) is 1.89. The monoisotopic (exact) mass is 290 g/mol. The molecule has 0 amide bonds. The first-order valence-electron chi connectivity index (χ1n) is 4.91. The molecular weight excluding hydrogens is 279 g/mol. The Labute approximate surface area is 101 Å². The molecule has 3 nitrogen and oxygen atoms in total. The normalized spacial score (nSPS) is 15.1. The number of fused-ring (bicyclic) bond motifs is 1. The maximum atomic E-state index is 14.1. The second-order valence-corrected chi connectivity index (χ2v) is 4.98. The van der Waals surface area contributed by atoms with E-state index in [1.807, 2.05) is 0 Å². The largest absolute Gasteiger partial charge is 0.486 e. The second-order valence-electron chi connectivity index (χ2n) is 4.13. The van der Waals surface area contributed by atoms with Crippen LogP contribution in [0, 0.1) is 5.82 Å². The molecule has 1 aromatic rings. The second kappa shape index (κ2) is 3.89. The van der Waals surface area contributed by atoms with Crippen molar-refractivity contribution in [2.45, 2.75) is 19.4 Å². The fourth-order valence-corrected chi connectivity index (χ4v) is 2.54. The minimum Gasteiger partial charge on any atom is -0.486 e. The van der Waals surface area contributed by atoms with Crippen LogP contribution in [0.15, 0.2) is 10.5 Å². The zero-order valence-corrected chi connectivity index (χ0v) is 10.6. The van der Waals surface area contributed by atoms with Gasteiger partial charge in [-0.3, -0.25) is 0 Å². The Morgan fingerprint density at radius 3 is 2.62 bits per heavy atom. The molecule has 2 rings (SSSR count). The molecule has 0 aromatic heterocycles. The highest BCUT2D eigenvalue weighted by atomic mass is 79.9. The molecule has 1 aliphatic rings. The molecule has 0 saturated carbocycles. The first kappa shape index (κ1) is 11.7. The lowest BCUT2D eigenvalue weighted by atomic mass is 9.97. The van der Waals surface area contributed by atoms with Crippen molar-refractivity contribution >= 4 is 15.9 Å². The lowest BCUT2D eigenvalue weighted by Gasteiger charge is -2.25. The van der Waals surface area contributed by atoms with Crippen molar-refractivity contribution in [3.05, 3.63) is 21.9 Å². The number of aliphatic hydroxyl groups is 1. The van der Waals surface area contributed by atoms with Gasteiger partial charge in [0.2, 0.25) is 0 Å². The molecule has 1 aliphatic heterocycles. The molecule has 0 spiro atoms. The van der Waals surface area contributed by atoms with E-state index in [1.165, 1.54) is 13.8 Å². The van der Waals surface area contributed by atoms with Crippen molar-refractivity contribution in [1.29, 1.82) is 0 Å². The highest BCUT2D eigenvalue weighted by Crippen LogP contribution is 2.42. The van der Waals surface area contributed by atoms with Crippen LogP contribution in [0.1, 0.15) is 19.4 Å². The van der Waals surface area contributed by atoms with Gasteiger partial charge < -0.3 is 14.6 Å². The Morgan fingerprint density at radius 2 is 2.00 bits per heavy atom. The summed E-state index contributed by atoms with van der Waals surface area (Å²) in [6, 6.07) is 1.62. The quantitative estimate of drug-likeness (QED) is 0.864. The van der Waals surface area contributed by atoms with Gasteiger partial charge in [0, 0.05) is 10.0 Å². The Morgan fingerprint density at radius 1 is 1.38 bits per heavy atom. The molecule has 1 N–H and O–H groups in total. The highest BCUT2D eigenvalue weighted by Gasteiger charge is 2.30. The van der Waals surface area contributed by atoms with Crippen molar-refractivity contribution < 1.29 is 19.0 Å². The number of halogens is 2. The van der Waals surface area contributed by atoms with Gasteiger partial charge in [0.15, 0.2) is 17.3 Å². The average molecular weight is 291 g/mol. The van der Waals surface area contributed by atoms with E-state index >= 15 is 0 Å². The number of rotatable bonds is 1. The minimum absolute atomic E-state index is 0.0755. The van der Waals surface area contributed by atoms with Crippen molar-refractivity contribution in [2.24, 2.45) is 0 Å². The SMILES string of the molecule is CC(C)(O)c1c(Br)cc2c(c1F)OCCO2. The predicted molar refractivity (Wildman–Crippen MR) is 60.3 cm³/mol. The summed E-state index contributed by atoms with van der Waals surface area (Å²) in [4.78, 5) is 0. The van der Waals surface area contributed by atoms with Crippen molar-refractivity contribution in [1.82, 2.24) is 0 Å². The van der Waals surface area contributed by atoms with Gasteiger partial charge in [-0.2, -0.15) is 0 Å². The van der Waals surface area contributed by atoms with Crippen LogP contribution in [-0.4, -0.2) is 18.3 Å². The first-order chi connectivity index (χ1) is 7.41. The topological polar surface area (TPSA) is 38.7 Å². The zero-order chi connectivity index (χ0) is 11.9. The summed E-state index contributed by atoms with van der Waals surface area (Å²) in [5.74, 6) is -0.133. The summed E-state index contributed by atoms with van der Waals surface area (Å²) >= 11 is 3.23. The van der Waals surface area contributed by atoms with E-state index in [4.69, 9.17) is 9.47 Å². The van der Waals surface area contributed by atoms with Gasteiger partial charge in [-0.1, -0.05) is 15.9 Å². The lowest BCUT2D eigenvalue weighted by molar-refractivity contribution is 0.0716. The van der Waals surface area contributed by atoms with Gasteiger partial charge in [-0.15, -0.1) is 0 Å². The van der Waals surface area contributed by atoms with Crippen LogP contribution < -0.4 is 9.47 Å². The van der Waals surface area contributed by atoms with Crippen LogP contribution in [0.3, 0.4) is 0 Å². The molecule has 5 heteroatoms. The molecule has 0 radical (unpaired) electrons. The fourth-order valence-electron chi connectivity index (χ4n) is 1.68. The van der Waals surface area contributed by atoms with Gasteiger partial charge in [0.1, 0.15) is 13.2 Å². The van der Waals surface area contributed by atoms with E-state index in [9.17, 15) is 9.50 Å². The summed E-state index contributed by atoms with van der Waals surface area (Å²) in [5.41, 5.74) is -1.10. The van der Waals surface area contributed by atoms with Crippen LogP contribution in [0.2, 0.25) is 0 Å². The van der Waals surface area contributed by atoms with Gasteiger partial charge in [0.25, 0.3) is 0 Å². The Hall–Kier alpha value is -0.810. The molecular formula is C11H12BrFO3. The van der Waals surface area contributed by atoms with Crippen molar-refractivity contribution in [3.63, 3.8) is 0 Å². The van der Waals surface area contributed by atoms with Crippen LogP contribution in [-0.2, 0) is 5.60 Å². The molecule has 16 heavy (non-hydrogen) atoms. The summed E-state index contributed by atoms with van der Waals surface area (Å²) in [6.07, 6.45) is 0. The van der Waals surface area contributed by atoms with Gasteiger partial charge in [-0.25, -0.2) is 4.39 Å². The molecule has 1 aromatic carbocycles. The molecule has 0 fully saturated rings. The predicted octanol–water partition coefficient (Wildman–Crippen LogP) is 2.59. The van der Waals surface area contributed by atoms with Gasteiger partial charge in [-0.05, 0) is 19.9 Å². The summed E-state index contributed by atoms with van der Waals surface area (Å²) in [6.45, 7) is 3.76. The summed E-state index contributed by atoms with van der Waals surface area (Å²) in [5, 5.41) is 9.89. The fraction of sp³-hybridized carbons (Fsp3) is 0.455. The number of ether oxygens (including phenoxy) is 2. The third-order valence-corrected chi connectivity index (χ3v) is 2.96. The van der Waals surface area contributed by atoms with Crippen LogP contribution in [0.5, 0.6) is 11.5 Å². The Balaban J connectivity index is 2.63. The molecule has 0 aliphatic carbocycles. The van der Waals surface area contributed by atoms with E-state index in [0.29, 0.717) is 23.4 Å². The van der Waals surface area contributed by atoms with Gasteiger partial charge >= 0.3 is 0 Å². The molecule has 0 bridgehead atoms. The van der Waals surface area contributed by atoms with Crippen molar-refractivity contribution in [2.75, 3.05) is 13.2 Å². The van der Waals surface area contributed by atoms with Gasteiger partial charge in [0.05, 0.1) is 5.60 Å². The summed E-state index contributed by atoms with van der Waals surface area (Å²) < 4.78 is 25.1. The van der Waals surface area contributed by atoms with Crippen LogP contribution in [0.4, 0.5) is 4.39 Å². The smallest absolute Gasteiger partial charge is 0.197 e. The Bertz CT molecular complexity index is 426. The third-order valence-electron chi connectivity index (χ3n) is 2.34. The van der Waals surface area contributed by atoms with E-state index < -0.39 is 11.4 Å². The molecule has 0 atom stereocenters. The maximum Gasteiger partial charge on any atom is 0.197 e. The molecule has 0 saturated heterocycles. The number of hydrogen-bond acceptors (Lipinski definition) is 3. The first-order valence-corrected chi connectivity index (χ1v) is 5.71. The average Bonchev–Trinajstić information content (AvgIpc) is 2.15. The summed E-state index contributed by atoms with van der Waals surface area (Å²) in [7, 11) is 0. The number of benzene rings is 1. The van der Waals surface area contributed by atoms with E-state index in [0.717, 1.165) is 0 Å². The zero-order valence-electron chi connectivity index (χ0n) is 9.01. The molecule has 88 valence electrons. The van der Waals surface area contributed by atoms with Crippen molar-refractivity contribution in [3.8, 4) is 11.5 Å². The minimum atomic E-state index is -1.28. The van der Waals surface area contributed by atoms with E-state index in [-0.39, 0.29) is 11.3 Å². The van der Waals surface area contributed by atoms with E-state index in [2.05, 4.69) is 15.9 Å². The highest BCUT2D eigenvalue weighted by molar-refractivity contribution is 9.10. The Kier molecular flexibility index (Phi) is 2.84. The van der Waals surface area contributed by atoms with Crippen LogP contribution >= 0.6 is 15.9 Å². The maximum absolute atomic E-state index is 14.1. The standard InChI is InChI=1S/C11H12BrFO3/c1-11(2,14)8-6(12)5-7-10(9(8)13)16-4-3-15-7/h5,14H,3-4H2,1-2H3. The van der Waals surface area contributed by atoms with E-state index in [1.54, 1.807) is 6.07 Å². The molecule has 1 heterocycles. The number of hydrogen-bond donors (Lipinski definition) is 1. The van der Waals surface area contributed by atoms with Crippen LogP contribution in [0.25, 0.3) is 0 Å². The molecule has 0 unspecified atom stereocenters. The lowest BCUT2D eigenvalue weighted by Crippen LogP contribution is -2.22.